The van der Waals surface area contributed by atoms with E-state index < -0.39 is 6.10 Å². The van der Waals surface area contributed by atoms with Crippen LogP contribution in [0.5, 0.6) is 11.5 Å². The number of hydrogen-bond acceptors (Lipinski definition) is 6. The monoisotopic (exact) mass is 524 g/mol. The molecule has 0 aromatic heterocycles. The van der Waals surface area contributed by atoms with E-state index in [0.29, 0.717) is 25.9 Å². The first-order valence-corrected chi connectivity index (χ1v) is 13.1. The summed E-state index contributed by atoms with van der Waals surface area (Å²) < 4.78 is 10.2. The number of benzene rings is 2. The second-order valence-corrected chi connectivity index (χ2v) is 10.2. The average Bonchev–Trinajstić information content (AvgIpc) is 3.51. The van der Waals surface area contributed by atoms with Crippen molar-refractivity contribution in [3.05, 3.63) is 59.7 Å². The van der Waals surface area contributed by atoms with Gasteiger partial charge in [0.15, 0.2) is 0 Å². The van der Waals surface area contributed by atoms with Crippen molar-refractivity contribution < 1.29 is 29.0 Å². The number of carbonyl (C=O) groups is 3. The first-order valence-electron chi connectivity index (χ1n) is 13.1. The fourth-order valence-corrected chi connectivity index (χ4v) is 4.96. The number of hydrogen-bond donors (Lipinski definition) is 1. The third-order valence-electron chi connectivity index (χ3n) is 7.74. The zero-order chi connectivity index (χ0) is 28.0. The normalized spacial score (nSPS) is 21.4. The molecule has 2 heterocycles. The van der Waals surface area contributed by atoms with Crippen molar-refractivity contribution in [1.29, 1.82) is 0 Å². The molecule has 206 valence electrons. The Kier molecular flexibility index (Phi) is 9.91. The number of likely N-dealkylation sites (tertiary alicyclic amines) is 2. The number of aliphatic hydroxyl groups is 1. The van der Waals surface area contributed by atoms with Gasteiger partial charge in [0.2, 0.25) is 11.8 Å². The fraction of sp³-hybridized carbons (Fsp3) is 0.500. The van der Waals surface area contributed by atoms with Gasteiger partial charge in [0.05, 0.1) is 32.4 Å². The van der Waals surface area contributed by atoms with E-state index in [4.69, 9.17) is 9.47 Å². The molecule has 2 aromatic rings. The number of Topliss-reactive ketones (excluding diaryl/α,β-unsaturated/α-hetero) is 1. The fourth-order valence-electron chi connectivity index (χ4n) is 4.96. The van der Waals surface area contributed by atoms with Crippen molar-refractivity contribution in [2.45, 2.75) is 58.7 Å². The van der Waals surface area contributed by atoms with E-state index in [1.54, 1.807) is 33.0 Å². The average molecular weight is 525 g/mol. The summed E-state index contributed by atoms with van der Waals surface area (Å²) in [5.41, 5.74) is 2.14. The molecule has 2 saturated heterocycles. The quantitative estimate of drug-likeness (QED) is 0.557. The number of methoxy groups -OCH3 is 2. The van der Waals surface area contributed by atoms with Crippen molar-refractivity contribution in [2.75, 3.05) is 27.3 Å². The summed E-state index contributed by atoms with van der Waals surface area (Å²) in [6, 6.07) is 15.5. The van der Waals surface area contributed by atoms with Crippen LogP contribution in [0.1, 0.15) is 63.7 Å². The highest BCUT2D eigenvalue weighted by Crippen LogP contribution is 2.31. The van der Waals surface area contributed by atoms with Gasteiger partial charge in [0, 0.05) is 37.8 Å². The minimum Gasteiger partial charge on any atom is -0.497 e. The van der Waals surface area contributed by atoms with E-state index in [0.717, 1.165) is 22.6 Å². The molecule has 1 N–H and O–H groups in total. The molecule has 2 amide bonds. The molecule has 38 heavy (non-hydrogen) atoms. The Bertz CT molecular complexity index is 1100. The summed E-state index contributed by atoms with van der Waals surface area (Å²) in [7, 11) is 3.26. The molecule has 8 nitrogen and oxygen atoms in total. The first kappa shape index (κ1) is 29.2. The molecule has 0 saturated carbocycles. The van der Waals surface area contributed by atoms with E-state index in [1.165, 1.54) is 0 Å². The minimum atomic E-state index is -0.433. The molecule has 8 heteroatoms. The number of rotatable bonds is 8. The van der Waals surface area contributed by atoms with Crippen LogP contribution >= 0.6 is 0 Å². The largest absolute Gasteiger partial charge is 0.497 e. The first-order chi connectivity index (χ1) is 18.0. The molecule has 2 aliphatic rings. The van der Waals surface area contributed by atoms with Crippen molar-refractivity contribution in [3.8, 4) is 11.5 Å². The maximum absolute atomic E-state index is 12.0. The lowest BCUT2D eigenvalue weighted by Crippen LogP contribution is -2.29. The second kappa shape index (κ2) is 12.9. The Labute approximate surface area is 225 Å². The van der Waals surface area contributed by atoms with Crippen LogP contribution in [0.25, 0.3) is 0 Å². The van der Waals surface area contributed by atoms with Crippen molar-refractivity contribution in [3.63, 3.8) is 0 Å². The van der Waals surface area contributed by atoms with E-state index in [-0.39, 0.29) is 41.5 Å². The molecular weight excluding hydrogens is 484 g/mol. The van der Waals surface area contributed by atoms with Crippen LogP contribution in [-0.4, -0.2) is 65.9 Å². The zero-order valence-corrected chi connectivity index (χ0v) is 23.2. The SMILES string of the molecule is COc1ccc([C@@H](C)N2C[C@H](C(C)=O)CC2=O)cc1.COc1ccc([C@@H](C)N2C[C@H]([C@@H](C)O)CC2=O)cc1. The van der Waals surface area contributed by atoms with E-state index >= 15 is 0 Å². The Hall–Kier alpha value is -3.39. The summed E-state index contributed by atoms with van der Waals surface area (Å²) in [6.07, 6.45) is 0.352. The Morgan fingerprint density at radius 2 is 1.21 bits per heavy atom. The van der Waals surface area contributed by atoms with Crippen LogP contribution in [0.4, 0.5) is 0 Å². The van der Waals surface area contributed by atoms with Gasteiger partial charge in [-0.1, -0.05) is 24.3 Å². The molecule has 5 atom stereocenters. The van der Waals surface area contributed by atoms with E-state index in [2.05, 4.69) is 0 Å². The van der Waals surface area contributed by atoms with Crippen molar-refractivity contribution in [1.82, 2.24) is 9.80 Å². The van der Waals surface area contributed by atoms with Crippen LogP contribution < -0.4 is 9.47 Å². The van der Waals surface area contributed by atoms with Gasteiger partial charge in [-0.15, -0.1) is 0 Å². The predicted molar refractivity (Wildman–Crippen MR) is 145 cm³/mol. The number of carbonyl (C=O) groups excluding carboxylic acids is 3. The molecule has 2 aliphatic heterocycles. The smallest absolute Gasteiger partial charge is 0.223 e. The van der Waals surface area contributed by atoms with Gasteiger partial charge in [0.25, 0.3) is 0 Å². The van der Waals surface area contributed by atoms with Crippen LogP contribution in [0.15, 0.2) is 48.5 Å². The molecule has 2 fully saturated rings. The Morgan fingerprint density at radius 3 is 1.55 bits per heavy atom. The molecule has 0 radical (unpaired) electrons. The maximum Gasteiger partial charge on any atom is 0.223 e. The second-order valence-electron chi connectivity index (χ2n) is 10.2. The highest BCUT2D eigenvalue weighted by Gasteiger charge is 2.36. The summed E-state index contributed by atoms with van der Waals surface area (Å²) >= 11 is 0. The van der Waals surface area contributed by atoms with Crippen molar-refractivity contribution in [2.24, 2.45) is 11.8 Å². The molecule has 0 spiro atoms. The summed E-state index contributed by atoms with van der Waals surface area (Å²) in [6.45, 7) is 8.47. The molecule has 2 aromatic carbocycles. The molecular formula is C30H40N2O6. The van der Waals surface area contributed by atoms with Gasteiger partial charge in [-0.05, 0) is 63.1 Å². The highest BCUT2D eigenvalue weighted by atomic mass is 16.5. The third kappa shape index (κ3) is 6.92. The van der Waals surface area contributed by atoms with Gasteiger partial charge < -0.3 is 24.4 Å². The van der Waals surface area contributed by atoms with Gasteiger partial charge >= 0.3 is 0 Å². The Morgan fingerprint density at radius 1 is 0.789 bits per heavy atom. The van der Waals surface area contributed by atoms with Crippen LogP contribution in [-0.2, 0) is 14.4 Å². The lowest BCUT2D eigenvalue weighted by molar-refractivity contribution is -0.130. The molecule has 0 unspecified atom stereocenters. The number of ketones is 1. The zero-order valence-electron chi connectivity index (χ0n) is 23.2. The third-order valence-corrected chi connectivity index (χ3v) is 7.74. The summed E-state index contributed by atoms with van der Waals surface area (Å²) in [5, 5.41) is 9.61. The molecule has 4 rings (SSSR count). The van der Waals surface area contributed by atoms with Crippen LogP contribution in [0.2, 0.25) is 0 Å². The van der Waals surface area contributed by atoms with Gasteiger partial charge in [-0.25, -0.2) is 0 Å². The number of aliphatic hydroxyl groups excluding tert-OH is 1. The maximum atomic E-state index is 12.0. The Balaban J connectivity index is 0.000000211. The van der Waals surface area contributed by atoms with E-state index in [1.807, 2.05) is 67.3 Å². The van der Waals surface area contributed by atoms with Gasteiger partial charge in [-0.3, -0.25) is 14.4 Å². The van der Waals surface area contributed by atoms with Crippen molar-refractivity contribution >= 4 is 17.6 Å². The van der Waals surface area contributed by atoms with Crippen LogP contribution in [0, 0.1) is 11.8 Å². The lowest BCUT2D eigenvalue weighted by atomic mass is 10.0. The minimum absolute atomic E-state index is 0.0113. The number of nitrogens with zero attached hydrogens (tertiary/aromatic N) is 2. The molecule has 0 aliphatic carbocycles. The lowest BCUT2D eigenvalue weighted by Gasteiger charge is -2.25. The topological polar surface area (TPSA) is 96.4 Å². The highest BCUT2D eigenvalue weighted by molar-refractivity contribution is 5.89. The van der Waals surface area contributed by atoms with Crippen LogP contribution in [0.3, 0.4) is 0 Å². The predicted octanol–water partition coefficient (Wildman–Crippen LogP) is 4.18. The summed E-state index contributed by atoms with van der Waals surface area (Å²) in [4.78, 5) is 39.0. The number of ether oxygens (including phenoxy) is 2. The van der Waals surface area contributed by atoms with Gasteiger partial charge in [0.1, 0.15) is 17.3 Å². The standard InChI is InChI=1S/C15H21NO3.C15H19NO3/c2*1-10(12-4-6-14(19-3)7-5-12)16-9-13(11(2)17)8-15(16)18/h4-7,10-11,13,17H,8-9H2,1-3H3;4-7,10,13H,8-9H2,1-3H3/t10-,11-,13-;10-,13-/m11/s1. The number of amides is 2. The van der Waals surface area contributed by atoms with E-state index in [9.17, 15) is 19.5 Å². The van der Waals surface area contributed by atoms with Gasteiger partial charge in [-0.2, -0.15) is 0 Å². The molecule has 0 bridgehead atoms. The summed E-state index contributed by atoms with van der Waals surface area (Å²) in [5.74, 6) is 1.78.